The molecule has 2 aromatic carbocycles. The maximum absolute atomic E-state index is 11.2. The van der Waals surface area contributed by atoms with E-state index in [1.165, 1.54) is 0 Å². The molecule has 0 unspecified atom stereocenters. The Morgan fingerprint density at radius 2 is 1.80 bits per heavy atom. The standard InChI is InChI=1S/C18H18BrClN2O2S/c1-10-7-13(19)8-11(2)17(10)22-18(25)21-15(9-16(23)24)12-3-5-14(20)6-4-12/h3-8,15H,9H2,1-2H3,(H,23,24)(H2,21,22,25)/t15-/m1/s1. The number of rotatable bonds is 5. The smallest absolute Gasteiger partial charge is 0.305 e. The number of carboxylic acid groups (broad SMARTS) is 1. The van der Waals surface area contributed by atoms with Gasteiger partial charge in [0.05, 0.1) is 12.5 Å². The van der Waals surface area contributed by atoms with Crippen LogP contribution < -0.4 is 10.6 Å². The summed E-state index contributed by atoms with van der Waals surface area (Å²) in [6.45, 7) is 3.97. The molecule has 0 heterocycles. The number of aryl methyl sites for hydroxylation is 2. The Morgan fingerprint density at radius 1 is 1.24 bits per heavy atom. The number of nitrogens with one attached hydrogen (secondary N) is 2. The van der Waals surface area contributed by atoms with E-state index in [0.29, 0.717) is 10.1 Å². The summed E-state index contributed by atoms with van der Waals surface area (Å²) in [6.07, 6.45) is -0.0955. The number of halogens is 2. The zero-order chi connectivity index (χ0) is 18.6. The van der Waals surface area contributed by atoms with Crippen molar-refractivity contribution in [2.45, 2.75) is 26.3 Å². The normalized spacial score (nSPS) is 11.7. The lowest BCUT2D eigenvalue weighted by Gasteiger charge is -2.21. The zero-order valence-electron chi connectivity index (χ0n) is 13.8. The van der Waals surface area contributed by atoms with Crippen LogP contribution in [0, 0.1) is 13.8 Å². The van der Waals surface area contributed by atoms with Crippen LogP contribution in [0.15, 0.2) is 40.9 Å². The van der Waals surface area contributed by atoms with E-state index >= 15 is 0 Å². The van der Waals surface area contributed by atoms with Crippen LogP contribution in [0.4, 0.5) is 5.69 Å². The summed E-state index contributed by atoms with van der Waals surface area (Å²) in [5.41, 5.74) is 3.79. The third kappa shape index (κ3) is 5.70. The van der Waals surface area contributed by atoms with Gasteiger partial charge in [-0.05, 0) is 67.0 Å². The van der Waals surface area contributed by atoms with E-state index in [1.54, 1.807) is 24.3 Å². The van der Waals surface area contributed by atoms with Gasteiger partial charge in [-0.2, -0.15) is 0 Å². The molecule has 7 heteroatoms. The van der Waals surface area contributed by atoms with Gasteiger partial charge in [0.25, 0.3) is 0 Å². The predicted molar refractivity (Wildman–Crippen MR) is 109 cm³/mol. The molecule has 0 spiro atoms. The minimum atomic E-state index is -0.911. The number of hydrogen-bond donors (Lipinski definition) is 3. The fourth-order valence-electron chi connectivity index (χ4n) is 2.54. The maximum atomic E-state index is 11.2. The molecular formula is C18H18BrClN2O2S. The predicted octanol–water partition coefficient (Wildman–Crippen LogP) is 5.22. The molecule has 0 saturated heterocycles. The summed E-state index contributed by atoms with van der Waals surface area (Å²) in [5, 5.41) is 16.4. The van der Waals surface area contributed by atoms with E-state index in [1.807, 2.05) is 26.0 Å². The Hall–Kier alpha value is -1.63. The topological polar surface area (TPSA) is 61.4 Å². The molecule has 25 heavy (non-hydrogen) atoms. The van der Waals surface area contributed by atoms with Crippen LogP contribution >= 0.6 is 39.7 Å². The lowest BCUT2D eigenvalue weighted by atomic mass is 10.0. The molecular weight excluding hydrogens is 424 g/mol. The number of aliphatic carboxylic acids is 1. The molecule has 4 nitrogen and oxygen atoms in total. The van der Waals surface area contributed by atoms with Gasteiger partial charge in [-0.15, -0.1) is 0 Å². The third-order valence-electron chi connectivity index (χ3n) is 3.69. The first-order chi connectivity index (χ1) is 11.8. The molecule has 1 atom stereocenters. The van der Waals surface area contributed by atoms with Crippen molar-refractivity contribution < 1.29 is 9.90 Å². The van der Waals surface area contributed by atoms with Gasteiger partial charge in [-0.25, -0.2) is 0 Å². The molecule has 0 saturated carbocycles. The highest BCUT2D eigenvalue weighted by Gasteiger charge is 2.17. The summed E-state index contributed by atoms with van der Waals surface area (Å²) in [6, 6.07) is 10.6. The van der Waals surface area contributed by atoms with Crippen molar-refractivity contribution in [3.63, 3.8) is 0 Å². The molecule has 0 radical (unpaired) electrons. The molecule has 0 fully saturated rings. The quantitative estimate of drug-likeness (QED) is 0.555. The summed E-state index contributed by atoms with van der Waals surface area (Å²) in [5.74, 6) is -0.911. The number of carboxylic acids is 1. The van der Waals surface area contributed by atoms with Crippen LogP contribution in [0.1, 0.15) is 29.2 Å². The first kappa shape index (κ1) is 19.7. The van der Waals surface area contributed by atoms with Crippen molar-refractivity contribution in [2.75, 3.05) is 5.32 Å². The van der Waals surface area contributed by atoms with Gasteiger partial charge in [-0.3, -0.25) is 4.79 Å². The summed E-state index contributed by atoms with van der Waals surface area (Å²) >= 11 is 14.8. The number of carbonyl (C=O) groups is 1. The average molecular weight is 442 g/mol. The molecule has 2 aromatic rings. The van der Waals surface area contributed by atoms with Crippen molar-refractivity contribution >= 4 is 56.5 Å². The number of benzene rings is 2. The second-order valence-corrected chi connectivity index (χ2v) is 7.48. The first-order valence-electron chi connectivity index (χ1n) is 7.58. The van der Waals surface area contributed by atoms with E-state index in [0.717, 1.165) is 26.9 Å². The SMILES string of the molecule is Cc1cc(Br)cc(C)c1NC(=S)N[C@H](CC(=O)O)c1ccc(Cl)cc1. The van der Waals surface area contributed by atoms with Gasteiger partial charge in [0.2, 0.25) is 0 Å². The molecule has 0 amide bonds. The third-order valence-corrected chi connectivity index (χ3v) is 4.62. The van der Waals surface area contributed by atoms with Crippen molar-refractivity contribution in [1.29, 1.82) is 0 Å². The van der Waals surface area contributed by atoms with E-state index in [9.17, 15) is 9.90 Å². The van der Waals surface area contributed by atoms with Crippen molar-refractivity contribution in [2.24, 2.45) is 0 Å². The lowest BCUT2D eigenvalue weighted by Crippen LogP contribution is -2.34. The fraction of sp³-hybridized carbons (Fsp3) is 0.222. The van der Waals surface area contributed by atoms with E-state index in [4.69, 9.17) is 23.8 Å². The number of hydrogen-bond acceptors (Lipinski definition) is 2. The molecule has 0 aromatic heterocycles. The van der Waals surface area contributed by atoms with Gasteiger partial charge in [0.15, 0.2) is 5.11 Å². The Labute approximate surface area is 165 Å². The molecule has 0 bridgehead atoms. The van der Waals surface area contributed by atoms with Gasteiger partial charge in [0, 0.05) is 15.2 Å². The van der Waals surface area contributed by atoms with Crippen LogP contribution in [0.5, 0.6) is 0 Å². The molecule has 0 aliphatic heterocycles. The van der Waals surface area contributed by atoms with Crippen molar-refractivity contribution in [3.8, 4) is 0 Å². The van der Waals surface area contributed by atoms with Crippen LogP contribution in [-0.2, 0) is 4.79 Å². The minimum absolute atomic E-state index is 0.0955. The second kappa shape index (κ2) is 8.65. The Kier molecular flexibility index (Phi) is 6.81. The Bertz CT molecular complexity index is 773. The molecule has 0 aliphatic rings. The maximum Gasteiger partial charge on any atom is 0.305 e. The molecule has 2 rings (SSSR count). The fourth-order valence-corrected chi connectivity index (χ4v) is 3.59. The average Bonchev–Trinajstić information content (AvgIpc) is 2.50. The monoisotopic (exact) mass is 440 g/mol. The Morgan fingerprint density at radius 3 is 2.32 bits per heavy atom. The van der Waals surface area contributed by atoms with E-state index < -0.39 is 12.0 Å². The van der Waals surface area contributed by atoms with Gasteiger partial charge < -0.3 is 15.7 Å². The largest absolute Gasteiger partial charge is 0.481 e. The molecule has 0 aliphatic carbocycles. The molecule has 3 N–H and O–H groups in total. The summed E-state index contributed by atoms with van der Waals surface area (Å²) < 4.78 is 0.997. The highest BCUT2D eigenvalue weighted by Crippen LogP contribution is 2.26. The summed E-state index contributed by atoms with van der Waals surface area (Å²) in [7, 11) is 0. The summed E-state index contributed by atoms with van der Waals surface area (Å²) in [4.78, 5) is 11.2. The van der Waals surface area contributed by atoms with E-state index in [2.05, 4.69) is 26.6 Å². The number of thiocarbonyl (C=S) groups is 1. The van der Waals surface area contributed by atoms with Crippen LogP contribution in [0.2, 0.25) is 5.02 Å². The van der Waals surface area contributed by atoms with Crippen LogP contribution in [-0.4, -0.2) is 16.2 Å². The first-order valence-corrected chi connectivity index (χ1v) is 9.15. The van der Waals surface area contributed by atoms with Crippen LogP contribution in [0.3, 0.4) is 0 Å². The highest BCUT2D eigenvalue weighted by molar-refractivity contribution is 9.10. The van der Waals surface area contributed by atoms with Gasteiger partial charge >= 0.3 is 5.97 Å². The van der Waals surface area contributed by atoms with Gasteiger partial charge in [0.1, 0.15) is 0 Å². The van der Waals surface area contributed by atoms with Crippen molar-refractivity contribution in [3.05, 3.63) is 62.6 Å². The Balaban J connectivity index is 2.17. The lowest BCUT2D eigenvalue weighted by molar-refractivity contribution is -0.137. The van der Waals surface area contributed by atoms with Crippen LogP contribution in [0.25, 0.3) is 0 Å². The second-order valence-electron chi connectivity index (χ2n) is 5.72. The minimum Gasteiger partial charge on any atom is -0.481 e. The zero-order valence-corrected chi connectivity index (χ0v) is 16.9. The highest BCUT2D eigenvalue weighted by atomic mass is 79.9. The van der Waals surface area contributed by atoms with Gasteiger partial charge in [-0.1, -0.05) is 39.7 Å². The van der Waals surface area contributed by atoms with Crippen molar-refractivity contribution in [1.82, 2.24) is 5.32 Å². The van der Waals surface area contributed by atoms with E-state index in [-0.39, 0.29) is 6.42 Å². The number of anilines is 1. The molecule has 132 valence electrons.